The summed E-state index contributed by atoms with van der Waals surface area (Å²) in [5.74, 6) is 1.21. The fourth-order valence-electron chi connectivity index (χ4n) is 3.50. The maximum absolute atomic E-state index is 9.61. The van der Waals surface area contributed by atoms with Crippen molar-refractivity contribution in [3.63, 3.8) is 0 Å². The average Bonchev–Trinajstić information content (AvgIpc) is 3.22. The molecule has 0 spiro atoms. The van der Waals surface area contributed by atoms with E-state index in [0.717, 1.165) is 23.2 Å². The van der Waals surface area contributed by atoms with Crippen LogP contribution in [0.15, 0.2) is 66.5 Å². The predicted molar refractivity (Wildman–Crippen MR) is 123 cm³/mol. The Balaban J connectivity index is 1.64. The molecule has 1 atom stereocenters. The van der Waals surface area contributed by atoms with Gasteiger partial charge in [0.2, 0.25) is 0 Å². The second-order valence-corrected chi connectivity index (χ2v) is 7.40. The second-order valence-electron chi connectivity index (χ2n) is 6.96. The maximum atomic E-state index is 9.61. The Kier molecular flexibility index (Phi) is 6.12. The highest BCUT2D eigenvalue weighted by Gasteiger charge is 2.24. The van der Waals surface area contributed by atoms with Gasteiger partial charge in [0.15, 0.2) is 11.5 Å². The van der Waals surface area contributed by atoms with Gasteiger partial charge in [-0.2, -0.15) is 5.26 Å². The number of methoxy groups -OCH3 is 2. The molecule has 0 radical (unpaired) electrons. The minimum Gasteiger partial charge on any atom is -0.493 e. The first kappa shape index (κ1) is 20.8. The highest BCUT2D eigenvalue weighted by atomic mass is 32.1. The van der Waals surface area contributed by atoms with Crippen molar-refractivity contribution in [2.45, 2.75) is 12.5 Å². The fraction of sp³-hybridized carbons (Fsp3) is 0.208. The highest BCUT2D eigenvalue weighted by Crippen LogP contribution is 2.33. The van der Waals surface area contributed by atoms with Crippen molar-refractivity contribution in [1.82, 2.24) is 9.55 Å². The molecule has 3 aromatic rings. The molecule has 1 unspecified atom stereocenters. The summed E-state index contributed by atoms with van der Waals surface area (Å²) in [7, 11) is 3.18. The van der Waals surface area contributed by atoms with Crippen molar-refractivity contribution >= 4 is 33.8 Å². The Bertz CT molecular complexity index is 1220. The SMILES string of the molecule is COc1cc2ncn(C3=CC(OCCc4ccccc4)C(=S)C(C#N)=C3)c2cc1OC. The number of benzene rings is 2. The van der Waals surface area contributed by atoms with Gasteiger partial charge in [-0.1, -0.05) is 42.5 Å². The molecule has 2 aromatic carbocycles. The van der Waals surface area contributed by atoms with Crippen molar-refractivity contribution < 1.29 is 14.2 Å². The molecule has 0 fully saturated rings. The van der Waals surface area contributed by atoms with Crippen LogP contribution in [0, 0.1) is 11.3 Å². The Morgan fingerprint density at radius 2 is 1.87 bits per heavy atom. The number of aromatic nitrogens is 2. The molecule has 156 valence electrons. The van der Waals surface area contributed by atoms with E-state index in [0.29, 0.717) is 28.5 Å². The van der Waals surface area contributed by atoms with Gasteiger partial charge in [-0.05, 0) is 24.1 Å². The van der Waals surface area contributed by atoms with Gasteiger partial charge in [0.05, 0.1) is 42.3 Å². The largest absolute Gasteiger partial charge is 0.493 e. The first-order chi connectivity index (χ1) is 15.1. The molecule has 0 N–H and O–H groups in total. The zero-order valence-electron chi connectivity index (χ0n) is 17.2. The summed E-state index contributed by atoms with van der Waals surface area (Å²) in [4.78, 5) is 4.96. The van der Waals surface area contributed by atoms with Crippen LogP contribution in [0.4, 0.5) is 0 Å². The molecule has 0 amide bonds. The number of thiocarbonyl (C=S) groups is 1. The topological polar surface area (TPSA) is 69.3 Å². The van der Waals surface area contributed by atoms with Gasteiger partial charge >= 0.3 is 0 Å². The molecule has 0 aliphatic heterocycles. The molecule has 0 saturated carbocycles. The number of rotatable bonds is 7. The number of hydrogen-bond acceptors (Lipinski definition) is 6. The average molecular weight is 432 g/mol. The Morgan fingerprint density at radius 1 is 1.13 bits per heavy atom. The quantitative estimate of drug-likeness (QED) is 0.518. The fourth-order valence-corrected chi connectivity index (χ4v) is 3.74. The van der Waals surface area contributed by atoms with Crippen LogP contribution in [-0.4, -0.2) is 41.3 Å². The molecule has 0 bridgehead atoms. The van der Waals surface area contributed by atoms with Crippen LogP contribution in [0.5, 0.6) is 11.5 Å². The minimum atomic E-state index is -0.467. The van der Waals surface area contributed by atoms with Gasteiger partial charge in [0.1, 0.15) is 18.5 Å². The molecule has 1 aromatic heterocycles. The Labute approximate surface area is 186 Å². The van der Waals surface area contributed by atoms with Crippen LogP contribution in [-0.2, 0) is 11.2 Å². The van der Waals surface area contributed by atoms with Crippen molar-refractivity contribution in [2.24, 2.45) is 0 Å². The molecule has 1 aliphatic carbocycles. The third kappa shape index (κ3) is 4.22. The molecule has 0 saturated heterocycles. The number of fused-ring (bicyclic) bond motifs is 1. The third-order valence-corrected chi connectivity index (χ3v) is 5.57. The summed E-state index contributed by atoms with van der Waals surface area (Å²) < 4.78 is 18.8. The van der Waals surface area contributed by atoms with Crippen LogP contribution in [0.1, 0.15) is 5.56 Å². The lowest BCUT2D eigenvalue weighted by Gasteiger charge is -2.21. The highest BCUT2D eigenvalue weighted by molar-refractivity contribution is 7.81. The molecule has 31 heavy (non-hydrogen) atoms. The van der Waals surface area contributed by atoms with E-state index in [-0.39, 0.29) is 0 Å². The van der Waals surface area contributed by atoms with Gasteiger partial charge in [-0.15, -0.1) is 0 Å². The third-order valence-electron chi connectivity index (χ3n) is 5.12. The first-order valence-electron chi connectivity index (χ1n) is 9.77. The van der Waals surface area contributed by atoms with Gasteiger partial charge in [0.25, 0.3) is 0 Å². The van der Waals surface area contributed by atoms with Gasteiger partial charge in [-0.3, -0.25) is 4.57 Å². The molecular weight excluding hydrogens is 410 g/mol. The van der Waals surface area contributed by atoms with Crippen molar-refractivity contribution in [3.05, 3.63) is 72.1 Å². The number of allylic oxidation sites excluding steroid dienone is 2. The zero-order valence-corrected chi connectivity index (χ0v) is 18.1. The van der Waals surface area contributed by atoms with E-state index in [1.54, 1.807) is 26.6 Å². The summed E-state index contributed by atoms with van der Waals surface area (Å²) in [6.07, 6.45) is 5.69. The number of imidazole rings is 1. The van der Waals surface area contributed by atoms with Gasteiger partial charge < -0.3 is 14.2 Å². The van der Waals surface area contributed by atoms with Crippen molar-refractivity contribution in [1.29, 1.82) is 5.26 Å². The standard InChI is InChI=1S/C24H21N3O3S/c1-28-21-12-19-20(13-22(21)29-2)27(15-26-19)18-10-17(14-25)24(31)23(11-18)30-9-8-16-6-4-3-5-7-16/h3-7,10-13,15,23H,8-9H2,1-2H3. The number of hydrogen-bond donors (Lipinski definition) is 0. The lowest BCUT2D eigenvalue weighted by molar-refractivity contribution is 0.131. The van der Waals surface area contributed by atoms with E-state index in [2.05, 4.69) is 23.2 Å². The van der Waals surface area contributed by atoms with E-state index in [4.69, 9.17) is 26.4 Å². The molecular formula is C24H21N3O3S. The monoisotopic (exact) mass is 431 g/mol. The minimum absolute atomic E-state index is 0.416. The molecule has 4 rings (SSSR count). The van der Waals surface area contributed by atoms with Crippen molar-refractivity contribution in [3.8, 4) is 17.6 Å². The van der Waals surface area contributed by atoms with Crippen LogP contribution < -0.4 is 9.47 Å². The van der Waals surface area contributed by atoms with E-state index in [1.807, 2.05) is 41.0 Å². The number of nitrogens with zero attached hydrogens (tertiary/aromatic N) is 3. The van der Waals surface area contributed by atoms with E-state index >= 15 is 0 Å². The lowest BCUT2D eigenvalue weighted by atomic mass is 10.0. The molecule has 1 heterocycles. The van der Waals surface area contributed by atoms with Crippen LogP contribution in [0.3, 0.4) is 0 Å². The van der Waals surface area contributed by atoms with Crippen molar-refractivity contribution in [2.75, 3.05) is 20.8 Å². The summed E-state index contributed by atoms with van der Waals surface area (Å²) in [6, 6.07) is 16.0. The summed E-state index contributed by atoms with van der Waals surface area (Å²) in [6.45, 7) is 0.493. The summed E-state index contributed by atoms with van der Waals surface area (Å²) in [5.41, 5.74) is 3.95. The predicted octanol–water partition coefficient (Wildman–Crippen LogP) is 4.36. The first-order valence-corrected chi connectivity index (χ1v) is 10.2. The Morgan fingerprint density at radius 3 is 2.58 bits per heavy atom. The number of nitriles is 1. The van der Waals surface area contributed by atoms with Gasteiger partial charge in [0, 0.05) is 17.8 Å². The smallest absolute Gasteiger partial charge is 0.163 e. The molecule has 1 aliphatic rings. The Hall–Kier alpha value is -3.47. The number of ether oxygens (including phenoxy) is 3. The van der Waals surface area contributed by atoms with Crippen LogP contribution in [0.25, 0.3) is 16.7 Å². The van der Waals surface area contributed by atoms with E-state index < -0.39 is 6.10 Å². The summed E-state index contributed by atoms with van der Waals surface area (Å²) in [5, 5.41) is 9.61. The second kappa shape index (κ2) is 9.13. The van der Waals surface area contributed by atoms with Crippen LogP contribution in [0.2, 0.25) is 0 Å². The zero-order chi connectivity index (χ0) is 21.8. The van der Waals surface area contributed by atoms with Crippen LogP contribution >= 0.6 is 12.2 Å². The normalized spacial score (nSPS) is 15.9. The summed E-state index contributed by atoms with van der Waals surface area (Å²) >= 11 is 5.51. The van der Waals surface area contributed by atoms with Gasteiger partial charge in [-0.25, -0.2) is 4.98 Å². The maximum Gasteiger partial charge on any atom is 0.163 e. The van der Waals surface area contributed by atoms with E-state index in [1.165, 1.54) is 5.56 Å². The molecule has 7 heteroatoms. The molecule has 6 nitrogen and oxygen atoms in total. The lowest BCUT2D eigenvalue weighted by Crippen LogP contribution is -2.26. The van der Waals surface area contributed by atoms with E-state index in [9.17, 15) is 5.26 Å².